The van der Waals surface area contributed by atoms with Gasteiger partial charge in [-0.3, -0.25) is 0 Å². The van der Waals surface area contributed by atoms with Gasteiger partial charge in [-0.15, -0.1) is 0 Å². The van der Waals surface area contributed by atoms with Crippen molar-refractivity contribution in [2.24, 2.45) is 0 Å². The van der Waals surface area contributed by atoms with Crippen molar-refractivity contribution in [2.45, 2.75) is 0 Å². The number of phenols is 1. The summed E-state index contributed by atoms with van der Waals surface area (Å²) in [6.07, 6.45) is 0. The lowest BCUT2D eigenvalue weighted by Gasteiger charge is -2.08. The highest BCUT2D eigenvalue weighted by molar-refractivity contribution is 14.1. The van der Waals surface area contributed by atoms with Crippen LogP contribution in [-0.4, -0.2) is 15.1 Å². The van der Waals surface area contributed by atoms with Crippen LogP contribution in [0.5, 0.6) is 5.75 Å². The summed E-state index contributed by atoms with van der Waals surface area (Å²) in [5.41, 5.74) is 2.61. The number of benzene rings is 2. The highest BCUT2D eigenvalue weighted by atomic mass is 127. The van der Waals surface area contributed by atoms with Crippen molar-refractivity contribution in [3.05, 3.63) is 63.3 Å². The monoisotopic (exact) mass is 408 g/mol. The number of hydrogen-bond acceptors (Lipinski definition) is 3. The maximum atomic E-state index is 9.37. The smallest absolute Gasteiger partial charge is 0.161 e. The summed E-state index contributed by atoms with van der Waals surface area (Å²) < 4.78 is 0.822. The molecule has 1 N–H and O–H groups in total. The Labute approximate surface area is 140 Å². The molecule has 0 amide bonds. The topological polar surface area (TPSA) is 46.0 Å². The maximum absolute atomic E-state index is 9.37. The second-order valence-corrected chi connectivity index (χ2v) is 5.85. The van der Waals surface area contributed by atoms with E-state index < -0.39 is 0 Å². The fraction of sp³-hybridized carbons (Fsp3) is 0. The van der Waals surface area contributed by atoms with Crippen LogP contribution >= 0.6 is 34.2 Å². The Balaban J connectivity index is 2.16. The van der Waals surface area contributed by atoms with E-state index in [1.165, 1.54) is 0 Å². The van der Waals surface area contributed by atoms with Crippen molar-refractivity contribution in [1.29, 1.82) is 0 Å². The van der Waals surface area contributed by atoms with Crippen LogP contribution in [-0.2, 0) is 0 Å². The Morgan fingerprint density at radius 3 is 2.19 bits per heavy atom. The number of rotatable bonds is 2. The van der Waals surface area contributed by atoms with Crippen LogP contribution in [0, 0.1) is 3.57 Å². The second kappa shape index (κ2) is 5.99. The molecule has 0 aliphatic rings. The molecule has 0 bridgehead atoms. The van der Waals surface area contributed by atoms with Crippen LogP contribution in [0.1, 0.15) is 0 Å². The molecule has 1 aromatic heterocycles. The van der Waals surface area contributed by atoms with Crippen molar-refractivity contribution in [1.82, 2.24) is 9.97 Å². The Morgan fingerprint density at radius 2 is 1.52 bits per heavy atom. The van der Waals surface area contributed by atoms with Gasteiger partial charge in [-0.05, 0) is 46.9 Å². The minimum atomic E-state index is 0.207. The number of nitrogens with zero attached hydrogens (tertiary/aromatic N) is 2. The number of hydrogen-bond donors (Lipinski definition) is 1. The van der Waals surface area contributed by atoms with Crippen molar-refractivity contribution in [2.75, 3.05) is 0 Å². The summed E-state index contributed by atoms with van der Waals surface area (Å²) >= 11 is 8.39. The first-order valence-corrected chi connectivity index (χ1v) is 7.68. The zero-order chi connectivity index (χ0) is 14.8. The Bertz CT molecular complexity index is 776. The van der Waals surface area contributed by atoms with Gasteiger partial charge in [0.15, 0.2) is 5.82 Å². The van der Waals surface area contributed by atoms with E-state index in [1.54, 1.807) is 24.3 Å². The minimum Gasteiger partial charge on any atom is -0.508 e. The molecule has 0 fully saturated rings. The van der Waals surface area contributed by atoms with Crippen LogP contribution in [0.4, 0.5) is 0 Å². The van der Waals surface area contributed by atoms with Gasteiger partial charge in [0.2, 0.25) is 0 Å². The summed E-state index contributed by atoms with van der Waals surface area (Å²) in [5.74, 6) is 0.748. The molecule has 3 nitrogen and oxygen atoms in total. The third-order valence-electron chi connectivity index (χ3n) is 2.98. The highest BCUT2D eigenvalue weighted by Crippen LogP contribution is 2.30. The number of halogens is 2. The molecule has 2 aromatic carbocycles. The van der Waals surface area contributed by atoms with Gasteiger partial charge in [-0.2, -0.15) is 0 Å². The van der Waals surface area contributed by atoms with Gasteiger partial charge in [-0.25, -0.2) is 9.97 Å². The Morgan fingerprint density at radius 1 is 0.857 bits per heavy atom. The van der Waals surface area contributed by atoms with E-state index in [0.717, 1.165) is 20.4 Å². The van der Waals surface area contributed by atoms with Crippen molar-refractivity contribution in [3.8, 4) is 28.4 Å². The van der Waals surface area contributed by atoms with Crippen LogP contribution in [0.15, 0.2) is 54.6 Å². The highest BCUT2D eigenvalue weighted by Gasteiger charge is 2.13. The molecule has 3 aromatic rings. The van der Waals surface area contributed by atoms with E-state index in [0.29, 0.717) is 11.0 Å². The molecule has 0 spiro atoms. The van der Waals surface area contributed by atoms with Gasteiger partial charge < -0.3 is 5.11 Å². The van der Waals surface area contributed by atoms with E-state index in [9.17, 15) is 5.11 Å². The molecule has 0 aliphatic carbocycles. The maximum Gasteiger partial charge on any atom is 0.161 e. The quantitative estimate of drug-likeness (QED) is 0.490. The number of aromatic nitrogens is 2. The number of aromatic hydroxyl groups is 1. The van der Waals surface area contributed by atoms with Crippen molar-refractivity contribution >= 4 is 34.2 Å². The molecule has 0 unspecified atom stereocenters. The molecule has 0 saturated heterocycles. The van der Waals surface area contributed by atoms with Gasteiger partial charge in [0, 0.05) is 11.1 Å². The van der Waals surface area contributed by atoms with Gasteiger partial charge in [-0.1, -0.05) is 41.9 Å². The first kappa shape index (κ1) is 14.3. The van der Waals surface area contributed by atoms with Crippen molar-refractivity contribution in [3.63, 3.8) is 0 Å². The van der Waals surface area contributed by atoms with E-state index in [2.05, 4.69) is 32.6 Å². The molecule has 104 valence electrons. The average Bonchev–Trinajstić information content (AvgIpc) is 2.51. The largest absolute Gasteiger partial charge is 0.508 e. The predicted molar refractivity (Wildman–Crippen MR) is 92.3 cm³/mol. The van der Waals surface area contributed by atoms with E-state index in [4.69, 9.17) is 11.6 Å². The van der Waals surface area contributed by atoms with Crippen LogP contribution in [0.2, 0.25) is 5.15 Å². The van der Waals surface area contributed by atoms with Crippen molar-refractivity contribution < 1.29 is 5.11 Å². The molecular formula is C16H10ClIN2O. The van der Waals surface area contributed by atoms with E-state index >= 15 is 0 Å². The summed E-state index contributed by atoms with van der Waals surface area (Å²) in [5, 5.41) is 9.79. The van der Waals surface area contributed by atoms with Gasteiger partial charge in [0.25, 0.3) is 0 Å². The molecular weight excluding hydrogens is 399 g/mol. The third-order valence-corrected chi connectivity index (χ3v) is 4.60. The zero-order valence-electron chi connectivity index (χ0n) is 10.8. The van der Waals surface area contributed by atoms with Gasteiger partial charge >= 0.3 is 0 Å². The van der Waals surface area contributed by atoms with Gasteiger partial charge in [0.1, 0.15) is 10.9 Å². The third kappa shape index (κ3) is 3.01. The minimum absolute atomic E-state index is 0.207. The van der Waals surface area contributed by atoms with Crippen LogP contribution in [0.3, 0.4) is 0 Å². The summed E-state index contributed by atoms with van der Waals surface area (Å²) in [4.78, 5) is 8.94. The predicted octanol–water partition coefficient (Wildman–Crippen LogP) is 4.77. The fourth-order valence-electron chi connectivity index (χ4n) is 1.95. The second-order valence-electron chi connectivity index (χ2n) is 4.41. The molecule has 21 heavy (non-hydrogen) atoms. The molecule has 1 heterocycles. The lowest BCUT2D eigenvalue weighted by Crippen LogP contribution is -1.97. The Kier molecular flexibility index (Phi) is 4.07. The lowest BCUT2D eigenvalue weighted by atomic mass is 10.1. The first-order valence-electron chi connectivity index (χ1n) is 6.23. The molecule has 0 atom stereocenters. The normalized spacial score (nSPS) is 10.6. The van der Waals surface area contributed by atoms with E-state index in [-0.39, 0.29) is 5.75 Å². The lowest BCUT2D eigenvalue weighted by molar-refractivity contribution is 0.475. The SMILES string of the molecule is Oc1ccc(-c2nc(Cl)c(I)c(-c3ccccc3)n2)cc1. The average molecular weight is 409 g/mol. The first-order chi connectivity index (χ1) is 10.1. The zero-order valence-corrected chi connectivity index (χ0v) is 13.7. The summed E-state index contributed by atoms with van der Waals surface area (Å²) in [6.45, 7) is 0. The van der Waals surface area contributed by atoms with Crippen LogP contribution in [0.25, 0.3) is 22.6 Å². The van der Waals surface area contributed by atoms with Gasteiger partial charge in [0.05, 0.1) is 9.26 Å². The summed E-state index contributed by atoms with van der Waals surface area (Å²) in [6, 6.07) is 16.6. The molecule has 0 radical (unpaired) electrons. The molecule has 0 saturated carbocycles. The Hall–Kier alpha value is -1.66. The standard InChI is InChI=1S/C16H10ClIN2O/c17-15-13(18)14(10-4-2-1-3-5-10)19-16(20-15)11-6-8-12(21)9-7-11/h1-9,21H. The van der Waals surface area contributed by atoms with Crippen LogP contribution < -0.4 is 0 Å². The summed E-state index contributed by atoms with van der Waals surface area (Å²) in [7, 11) is 0. The van der Waals surface area contributed by atoms with E-state index in [1.807, 2.05) is 30.3 Å². The molecule has 5 heteroatoms. The number of phenolic OH excluding ortho intramolecular Hbond substituents is 1. The molecule has 3 rings (SSSR count). The molecule has 0 aliphatic heterocycles. The fourth-order valence-corrected chi connectivity index (χ4v) is 2.67.